The summed E-state index contributed by atoms with van der Waals surface area (Å²) >= 11 is 0. The van der Waals surface area contributed by atoms with E-state index in [0.29, 0.717) is 0 Å². The summed E-state index contributed by atoms with van der Waals surface area (Å²) in [6.07, 6.45) is 0. The highest BCUT2D eigenvalue weighted by molar-refractivity contribution is 6.86. The van der Waals surface area contributed by atoms with Crippen LogP contribution in [0.5, 0.6) is 5.75 Å². The molecule has 180 valence electrons. The summed E-state index contributed by atoms with van der Waals surface area (Å²) in [5.41, 5.74) is 8.33. The molecule has 0 radical (unpaired) electrons. The van der Waals surface area contributed by atoms with E-state index in [4.69, 9.17) is 4.65 Å². The topological polar surface area (TPSA) is 12.5 Å². The van der Waals surface area contributed by atoms with Crippen molar-refractivity contribution in [1.29, 1.82) is 0 Å². The van der Waals surface area contributed by atoms with Gasteiger partial charge >= 0.3 is 6.92 Å². The second-order valence-corrected chi connectivity index (χ2v) is 10.5. The maximum Gasteiger partial charge on any atom is 0.431 e. The van der Waals surface area contributed by atoms with Crippen LogP contribution in [0, 0.1) is 0 Å². The normalized spacial score (nSPS) is 13.2. The third-order valence-corrected chi connectivity index (χ3v) is 8.40. The first kappa shape index (κ1) is 21.0. The van der Waals surface area contributed by atoms with Crippen LogP contribution in [-0.2, 0) is 0 Å². The Hall–Kier alpha value is -5.02. The van der Waals surface area contributed by atoms with Crippen LogP contribution in [0.25, 0.3) is 43.4 Å². The van der Waals surface area contributed by atoms with E-state index >= 15 is 0 Å². The number of benzene rings is 7. The van der Waals surface area contributed by atoms with Gasteiger partial charge in [0.25, 0.3) is 0 Å². The average Bonchev–Trinajstić information content (AvgIpc) is 3.00. The molecule has 0 fully saturated rings. The molecule has 0 aromatic heterocycles. The fraction of sp³-hybridized carbons (Fsp3) is 0. The van der Waals surface area contributed by atoms with Crippen LogP contribution in [0.15, 0.2) is 133 Å². The van der Waals surface area contributed by atoms with Crippen molar-refractivity contribution in [3.05, 3.63) is 133 Å². The molecular weight excluding hydrogens is 473 g/mol. The standard InChI is InChI=1S/C36H22BNO/c1-2-10-25-20-28(18-16-23(25)8-1)38-33-15-7-14-30-31-19-17-24-9-5-6-13-29(24)36(31)39-37(35(30)33)32-21-26-11-3-4-12-27(26)22-34(32)38/h1-22H. The predicted molar refractivity (Wildman–Crippen MR) is 165 cm³/mol. The van der Waals surface area contributed by atoms with Gasteiger partial charge in [0.15, 0.2) is 0 Å². The van der Waals surface area contributed by atoms with E-state index in [2.05, 4.69) is 138 Å². The van der Waals surface area contributed by atoms with Gasteiger partial charge in [-0.2, -0.15) is 0 Å². The highest BCUT2D eigenvalue weighted by Gasteiger charge is 2.42. The molecule has 0 unspecified atom stereocenters. The number of anilines is 3. The molecule has 9 rings (SSSR count). The molecule has 0 saturated carbocycles. The van der Waals surface area contributed by atoms with Gasteiger partial charge in [-0.3, -0.25) is 0 Å². The van der Waals surface area contributed by atoms with E-state index in [-0.39, 0.29) is 6.92 Å². The smallest absolute Gasteiger partial charge is 0.431 e. The number of hydrogen-bond acceptors (Lipinski definition) is 2. The maximum atomic E-state index is 7.06. The molecule has 0 N–H and O–H groups in total. The van der Waals surface area contributed by atoms with Crippen molar-refractivity contribution in [2.24, 2.45) is 0 Å². The Balaban J connectivity index is 1.38. The summed E-state index contributed by atoms with van der Waals surface area (Å²) < 4.78 is 7.06. The Kier molecular flexibility index (Phi) is 4.17. The van der Waals surface area contributed by atoms with Crippen LogP contribution in [0.2, 0.25) is 0 Å². The van der Waals surface area contributed by atoms with Gasteiger partial charge in [0, 0.05) is 33.5 Å². The van der Waals surface area contributed by atoms with E-state index < -0.39 is 0 Å². The molecular formula is C36H22BNO. The molecule has 2 heterocycles. The molecule has 3 heteroatoms. The zero-order valence-electron chi connectivity index (χ0n) is 21.1. The van der Waals surface area contributed by atoms with Crippen LogP contribution in [0.4, 0.5) is 17.1 Å². The van der Waals surface area contributed by atoms with Crippen molar-refractivity contribution in [3.8, 4) is 16.9 Å². The minimum absolute atomic E-state index is 0.189. The van der Waals surface area contributed by atoms with Gasteiger partial charge in [-0.05, 0) is 62.2 Å². The Morgan fingerprint density at radius 1 is 0.487 bits per heavy atom. The SMILES string of the molecule is c1cc2c3c(c1)N(c1ccc4ccccc4c1)c1cc4ccccc4cc1B3Oc1c-2ccc2ccccc12. The molecule has 2 aliphatic heterocycles. The van der Waals surface area contributed by atoms with Crippen LogP contribution >= 0.6 is 0 Å². The third-order valence-electron chi connectivity index (χ3n) is 8.40. The van der Waals surface area contributed by atoms with Crippen molar-refractivity contribution in [3.63, 3.8) is 0 Å². The lowest BCUT2D eigenvalue weighted by Gasteiger charge is -2.40. The van der Waals surface area contributed by atoms with E-state index in [9.17, 15) is 0 Å². The molecule has 7 aromatic rings. The van der Waals surface area contributed by atoms with Gasteiger partial charge < -0.3 is 9.55 Å². The minimum Gasteiger partial charge on any atom is -0.550 e. The first-order chi connectivity index (χ1) is 19.3. The zero-order chi connectivity index (χ0) is 25.5. The summed E-state index contributed by atoms with van der Waals surface area (Å²) in [5.74, 6) is 0.973. The fourth-order valence-electron chi connectivity index (χ4n) is 6.61. The molecule has 0 aliphatic carbocycles. The maximum absolute atomic E-state index is 7.06. The lowest BCUT2D eigenvalue weighted by atomic mass is 9.49. The average molecular weight is 495 g/mol. The third kappa shape index (κ3) is 2.93. The summed E-state index contributed by atoms with van der Waals surface area (Å²) in [6, 6.07) is 48.3. The van der Waals surface area contributed by atoms with E-state index in [1.165, 1.54) is 54.8 Å². The predicted octanol–water partition coefficient (Wildman–Crippen LogP) is 8.09. The largest absolute Gasteiger partial charge is 0.550 e. The zero-order valence-corrected chi connectivity index (χ0v) is 21.1. The Bertz CT molecular complexity index is 2130. The van der Waals surface area contributed by atoms with E-state index in [0.717, 1.165) is 22.4 Å². The van der Waals surface area contributed by atoms with Gasteiger partial charge in [-0.15, -0.1) is 0 Å². The Morgan fingerprint density at radius 2 is 1.18 bits per heavy atom. The molecule has 0 saturated heterocycles. The van der Waals surface area contributed by atoms with Crippen molar-refractivity contribution >= 4 is 67.2 Å². The second-order valence-electron chi connectivity index (χ2n) is 10.5. The number of fused-ring (bicyclic) bond motifs is 8. The Labute approximate surface area is 226 Å². The fourth-order valence-corrected chi connectivity index (χ4v) is 6.61. The number of hydrogen-bond donors (Lipinski definition) is 0. The molecule has 2 nitrogen and oxygen atoms in total. The molecule has 0 bridgehead atoms. The molecule has 0 spiro atoms. The number of rotatable bonds is 1. The molecule has 7 aromatic carbocycles. The molecule has 0 amide bonds. The van der Waals surface area contributed by atoms with Crippen molar-refractivity contribution in [1.82, 2.24) is 0 Å². The highest BCUT2D eigenvalue weighted by atomic mass is 16.4. The van der Waals surface area contributed by atoms with Gasteiger partial charge in [0.1, 0.15) is 5.75 Å². The monoisotopic (exact) mass is 495 g/mol. The molecule has 39 heavy (non-hydrogen) atoms. The van der Waals surface area contributed by atoms with Gasteiger partial charge in [0.05, 0.1) is 0 Å². The quantitative estimate of drug-likeness (QED) is 0.214. The van der Waals surface area contributed by atoms with Crippen LogP contribution in [-0.4, -0.2) is 6.92 Å². The van der Waals surface area contributed by atoms with E-state index in [1.807, 2.05) is 0 Å². The van der Waals surface area contributed by atoms with Crippen LogP contribution in [0.3, 0.4) is 0 Å². The van der Waals surface area contributed by atoms with Gasteiger partial charge in [0.2, 0.25) is 0 Å². The Morgan fingerprint density at radius 3 is 2.03 bits per heavy atom. The first-order valence-electron chi connectivity index (χ1n) is 13.5. The minimum atomic E-state index is -0.189. The van der Waals surface area contributed by atoms with Gasteiger partial charge in [-0.25, -0.2) is 0 Å². The second kappa shape index (κ2) is 7.75. The van der Waals surface area contributed by atoms with Crippen LogP contribution in [0.1, 0.15) is 0 Å². The first-order valence-corrected chi connectivity index (χ1v) is 13.5. The molecule has 0 atom stereocenters. The molecule has 2 aliphatic rings. The lowest BCUT2D eigenvalue weighted by molar-refractivity contribution is 0.597. The van der Waals surface area contributed by atoms with Crippen LogP contribution < -0.4 is 20.5 Å². The summed E-state index contributed by atoms with van der Waals surface area (Å²) in [6.45, 7) is -0.189. The summed E-state index contributed by atoms with van der Waals surface area (Å²) in [7, 11) is 0. The van der Waals surface area contributed by atoms with E-state index in [1.54, 1.807) is 0 Å². The number of nitrogens with zero attached hydrogens (tertiary/aromatic N) is 1. The van der Waals surface area contributed by atoms with Gasteiger partial charge in [-0.1, -0.05) is 109 Å². The van der Waals surface area contributed by atoms with Crippen molar-refractivity contribution in [2.75, 3.05) is 4.90 Å². The highest BCUT2D eigenvalue weighted by Crippen LogP contribution is 2.45. The summed E-state index contributed by atoms with van der Waals surface area (Å²) in [4.78, 5) is 2.43. The lowest BCUT2D eigenvalue weighted by Crippen LogP contribution is -2.56. The van der Waals surface area contributed by atoms with Crippen molar-refractivity contribution < 1.29 is 4.65 Å². The van der Waals surface area contributed by atoms with Crippen molar-refractivity contribution in [2.45, 2.75) is 0 Å². The summed E-state index contributed by atoms with van der Waals surface area (Å²) in [5, 5.41) is 7.28.